The number of guanidine groups is 1. The Morgan fingerprint density at radius 2 is 2.06 bits per heavy atom. The molecule has 2 heterocycles. The van der Waals surface area contributed by atoms with Crippen molar-refractivity contribution in [1.82, 2.24) is 14.3 Å². The van der Waals surface area contributed by atoms with Gasteiger partial charge in [0.25, 0.3) is 0 Å². The highest BCUT2D eigenvalue weighted by atomic mass is 32.2. The Morgan fingerprint density at radius 1 is 1.36 bits per heavy atom. The number of benzene rings is 1. The van der Waals surface area contributed by atoms with Crippen molar-refractivity contribution in [2.75, 3.05) is 12.8 Å². The molecule has 0 bridgehead atoms. The highest BCUT2D eigenvalue weighted by Gasteiger charge is 2.42. The van der Waals surface area contributed by atoms with Gasteiger partial charge in [0.1, 0.15) is 11.2 Å². The van der Waals surface area contributed by atoms with Crippen molar-refractivity contribution in [3.8, 4) is 18.2 Å². The molecule has 0 unspecified atom stereocenters. The maximum Gasteiger partial charge on any atom is 0.239 e. The Kier molecular flexibility index (Phi) is 6.37. The Balaban J connectivity index is 2.00. The Labute approximate surface area is 189 Å². The van der Waals surface area contributed by atoms with Crippen LogP contribution >= 0.6 is 0 Å². The first-order valence-corrected chi connectivity index (χ1v) is 11.1. The van der Waals surface area contributed by atoms with Gasteiger partial charge in [-0.15, -0.1) is 6.42 Å². The monoisotopic (exact) mass is 479 g/mol. The van der Waals surface area contributed by atoms with Gasteiger partial charge in [0.2, 0.25) is 21.9 Å². The summed E-state index contributed by atoms with van der Waals surface area (Å²) < 4.78 is 74.5. The Bertz CT molecular complexity index is 1290. The molecule has 2 atom stereocenters. The number of hydrogen-bond donors (Lipinski definition) is 1. The highest BCUT2D eigenvalue weighted by Crippen LogP contribution is 2.35. The lowest BCUT2D eigenvalue weighted by molar-refractivity contribution is 0.266. The van der Waals surface area contributed by atoms with Gasteiger partial charge in [-0.3, -0.25) is 0 Å². The van der Waals surface area contributed by atoms with Crippen molar-refractivity contribution in [1.29, 1.82) is 0 Å². The highest BCUT2D eigenvalue weighted by molar-refractivity contribution is 7.89. The van der Waals surface area contributed by atoms with Crippen molar-refractivity contribution in [3.63, 3.8) is 0 Å². The molecule has 1 aliphatic heterocycles. The number of ether oxygens (including phenoxy) is 1. The predicted octanol–water partition coefficient (Wildman–Crippen LogP) is 2.43. The zero-order valence-corrected chi connectivity index (χ0v) is 18.7. The van der Waals surface area contributed by atoms with Crippen molar-refractivity contribution in [3.05, 3.63) is 53.0 Å². The molecule has 0 saturated carbocycles. The molecule has 1 aromatic heterocycles. The average Bonchev–Trinajstić information content (AvgIpc) is 2.74. The van der Waals surface area contributed by atoms with Gasteiger partial charge in [-0.2, -0.15) is 0 Å². The molecule has 0 spiro atoms. The van der Waals surface area contributed by atoms with Crippen LogP contribution in [0.25, 0.3) is 11.9 Å². The van der Waals surface area contributed by atoms with Crippen molar-refractivity contribution in [2.24, 2.45) is 10.7 Å². The van der Waals surface area contributed by atoms with E-state index in [1.54, 1.807) is 6.92 Å². The zero-order chi connectivity index (χ0) is 24.6. The fraction of sp³-hybridized carbons (Fsp3) is 0.286. The molecule has 0 saturated heterocycles. The fourth-order valence-electron chi connectivity index (χ4n) is 3.11. The molecule has 0 aliphatic carbocycles. The number of halogens is 3. The van der Waals surface area contributed by atoms with Gasteiger partial charge in [-0.1, -0.05) is 5.92 Å². The van der Waals surface area contributed by atoms with Gasteiger partial charge in [-0.25, -0.2) is 40.9 Å². The van der Waals surface area contributed by atoms with Gasteiger partial charge in [-0.05, 0) is 37.6 Å². The van der Waals surface area contributed by atoms with Gasteiger partial charge < -0.3 is 10.5 Å². The van der Waals surface area contributed by atoms with Crippen LogP contribution in [0.15, 0.2) is 29.5 Å². The van der Waals surface area contributed by atoms with Gasteiger partial charge >= 0.3 is 0 Å². The number of sulfonamides is 1. The van der Waals surface area contributed by atoms with Crippen LogP contribution < -0.4 is 10.5 Å². The van der Waals surface area contributed by atoms with Crippen LogP contribution in [0, 0.1) is 24.0 Å². The number of terminal acetylenes is 1. The van der Waals surface area contributed by atoms with Gasteiger partial charge in [0, 0.05) is 12.6 Å². The molecular weight excluding hydrogens is 459 g/mol. The Hall–Kier alpha value is -3.59. The second-order valence-electron chi connectivity index (χ2n) is 7.49. The first kappa shape index (κ1) is 24.1. The van der Waals surface area contributed by atoms with E-state index < -0.39 is 44.9 Å². The van der Waals surface area contributed by atoms with Crippen molar-refractivity contribution in [2.45, 2.75) is 25.5 Å². The molecule has 3 rings (SSSR count). The molecule has 2 N–H and O–H groups in total. The third kappa shape index (κ3) is 4.93. The third-order valence-corrected chi connectivity index (χ3v) is 6.84. The van der Waals surface area contributed by atoms with Crippen molar-refractivity contribution < 1.29 is 26.3 Å². The first-order valence-electron chi connectivity index (χ1n) is 9.50. The van der Waals surface area contributed by atoms with Crippen LogP contribution in [-0.2, 0) is 15.6 Å². The average molecular weight is 479 g/mol. The minimum Gasteiger partial charge on any atom is -0.460 e. The topological polar surface area (TPSA) is 111 Å². The fourth-order valence-corrected chi connectivity index (χ4v) is 4.56. The number of aromatic nitrogens is 2. The lowest BCUT2D eigenvalue weighted by atomic mass is 9.92. The van der Waals surface area contributed by atoms with E-state index in [-0.39, 0.29) is 28.7 Å². The molecule has 0 amide bonds. The normalized spacial score (nSPS) is 21.2. The molecule has 2 aromatic rings. The molecule has 1 aromatic carbocycles. The minimum atomic E-state index is -3.93. The summed E-state index contributed by atoms with van der Waals surface area (Å²) in [7, 11) is -2.74. The number of nitrogens with two attached hydrogens (primary N) is 1. The second kappa shape index (κ2) is 8.74. The lowest BCUT2D eigenvalue weighted by Gasteiger charge is -2.34. The third-order valence-electron chi connectivity index (χ3n) is 4.89. The molecule has 0 fully saturated rings. The maximum atomic E-state index is 14.7. The molecule has 8 nitrogen and oxygen atoms in total. The van der Waals surface area contributed by atoms with E-state index >= 15 is 0 Å². The molecule has 174 valence electrons. The SMILES string of the molecule is C#C[C@H](C)Oc1cnc(/C(F)=C/c2cc(F)c(F)c([C@]3(C)CS(=O)(=O)N(C)C(N)=N3)c2)cn1. The number of aliphatic imine (C=N–C) groups is 1. The van der Waals surface area contributed by atoms with Crippen LogP contribution in [0.5, 0.6) is 5.88 Å². The van der Waals surface area contributed by atoms with Crippen LogP contribution in [0.2, 0.25) is 0 Å². The Morgan fingerprint density at radius 3 is 2.64 bits per heavy atom. The number of nitrogens with zero attached hydrogens (tertiary/aromatic N) is 4. The summed E-state index contributed by atoms with van der Waals surface area (Å²) in [6.45, 7) is 2.91. The minimum absolute atomic E-state index is 0.0824. The van der Waals surface area contributed by atoms with E-state index in [0.717, 1.165) is 34.9 Å². The summed E-state index contributed by atoms with van der Waals surface area (Å²) in [5, 5.41) is 0. The standard InChI is InChI=1S/C21H20F3N5O3S/c1-5-12(2)32-18-10-26-17(9-27-18)15(22)7-13-6-14(19(24)16(23)8-13)21(3)11-33(30,31)29(4)20(25)28-21/h1,6-10,12H,11H2,2-4H3,(H2,25,28)/b15-7-/t12-,21-/m0/s1. The van der Waals surface area contributed by atoms with Crippen LogP contribution in [0.1, 0.15) is 30.7 Å². The van der Waals surface area contributed by atoms with Gasteiger partial charge in [0.05, 0.1) is 18.1 Å². The van der Waals surface area contributed by atoms with E-state index in [4.69, 9.17) is 16.9 Å². The molecule has 0 radical (unpaired) electrons. The van der Waals surface area contributed by atoms with Crippen LogP contribution in [0.3, 0.4) is 0 Å². The molecule has 1 aliphatic rings. The van der Waals surface area contributed by atoms with E-state index in [9.17, 15) is 21.6 Å². The summed E-state index contributed by atoms with van der Waals surface area (Å²) in [4.78, 5) is 11.8. The van der Waals surface area contributed by atoms with Crippen LogP contribution in [0.4, 0.5) is 13.2 Å². The largest absolute Gasteiger partial charge is 0.460 e. The summed E-state index contributed by atoms with van der Waals surface area (Å²) in [6, 6.07) is 1.87. The van der Waals surface area contributed by atoms with Crippen molar-refractivity contribution >= 4 is 27.9 Å². The van der Waals surface area contributed by atoms with Crippen LogP contribution in [-0.4, -0.2) is 47.6 Å². The summed E-state index contributed by atoms with van der Waals surface area (Å²) in [5.41, 5.74) is 3.27. The van der Waals surface area contributed by atoms with E-state index in [2.05, 4.69) is 20.9 Å². The zero-order valence-electron chi connectivity index (χ0n) is 17.9. The van der Waals surface area contributed by atoms with Gasteiger partial charge in [0.15, 0.2) is 23.6 Å². The van der Waals surface area contributed by atoms with E-state index in [1.807, 2.05) is 0 Å². The maximum absolute atomic E-state index is 14.7. The lowest BCUT2D eigenvalue weighted by Crippen LogP contribution is -2.50. The molecular formula is C21H20F3N5O3S. The summed E-state index contributed by atoms with van der Waals surface area (Å²) in [5.74, 6) is -2.14. The second-order valence-corrected chi connectivity index (χ2v) is 9.49. The number of hydrogen-bond acceptors (Lipinski definition) is 7. The molecule has 12 heteroatoms. The first-order chi connectivity index (χ1) is 15.4. The quantitative estimate of drug-likeness (QED) is 0.660. The smallest absolute Gasteiger partial charge is 0.239 e. The van der Waals surface area contributed by atoms with E-state index in [0.29, 0.717) is 0 Å². The van der Waals surface area contributed by atoms with E-state index in [1.165, 1.54) is 14.0 Å². The molecule has 33 heavy (non-hydrogen) atoms. The number of rotatable bonds is 5. The predicted molar refractivity (Wildman–Crippen MR) is 117 cm³/mol. The summed E-state index contributed by atoms with van der Waals surface area (Å²) >= 11 is 0. The summed E-state index contributed by atoms with van der Waals surface area (Å²) in [6.07, 6.45) is 7.80.